The van der Waals surface area contributed by atoms with E-state index in [4.69, 9.17) is 4.74 Å². The second-order valence-electron chi connectivity index (χ2n) is 4.98. The van der Waals surface area contributed by atoms with Crippen LogP contribution in [0.3, 0.4) is 0 Å². The normalized spacial score (nSPS) is 21.9. The molecule has 2 unspecified atom stereocenters. The van der Waals surface area contributed by atoms with Crippen molar-refractivity contribution < 1.29 is 19.0 Å². The summed E-state index contributed by atoms with van der Waals surface area (Å²) >= 11 is 1.64. The van der Waals surface area contributed by atoms with E-state index in [1.807, 2.05) is 6.92 Å². The zero-order valence-electron chi connectivity index (χ0n) is 12.0. The lowest BCUT2D eigenvalue weighted by Crippen LogP contribution is -2.44. The van der Waals surface area contributed by atoms with Gasteiger partial charge in [-0.1, -0.05) is 6.92 Å². The highest BCUT2D eigenvalue weighted by atomic mass is 32.2. The van der Waals surface area contributed by atoms with E-state index in [1.54, 1.807) is 23.9 Å². The summed E-state index contributed by atoms with van der Waals surface area (Å²) in [4.78, 5) is 14.4. The predicted molar refractivity (Wildman–Crippen MR) is 80.1 cm³/mol. The SMILES string of the molecule is CCN(CCSc1ccc(F)cc1)C1COCC1C(=O)O. The lowest BCUT2D eigenvalue weighted by molar-refractivity contribution is -0.143. The predicted octanol–water partition coefficient (Wildman–Crippen LogP) is 2.34. The molecule has 2 rings (SSSR count). The number of thioether (sulfide) groups is 1. The maximum atomic E-state index is 12.8. The van der Waals surface area contributed by atoms with Crippen molar-refractivity contribution in [1.82, 2.24) is 4.90 Å². The van der Waals surface area contributed by atoms with Gasteiger partial charge in [-0.3, -0.25) is 9.69 Å². The molecule has 0 bridgehead atoms. The lowest BCUT2D eigenvalue weighted by atomic mass is 10.0. The van der Waals surface area contributed by atoms with E-state index in [1.165, 1.54) is 12.1 Å². The average molecular weight is 313 g/mol. The number of hydrogen-bond donors (Lipinski definition) is 1. The van der Waals surface area contributed by atoms with E-state index in [0.717, 1.165) is 23.7 Å². The number of likely N-dealkylation sites (N-methyl/N-ethyl adjacent to an activating group) is 1. The second kappa shape index (κ2) is 7.77. The number of carbonyl (C=O) groups is 1. The molecule has 21 heavy (non-hydrogen) atoms. The van der Waals surface area contributed by atoms with Gasteiger partial charge in [0.1, 0.15) is 5.82 Å². The van der Waals surface area contributed by atoms with Crippen LogP contribution in [-0.2, 0) is 9.53 Å². The van der Waals surface area contributed by atoms with E-state index >= 15 is 0 Å². The molecule has 116 valence electrons. The first-order chi connectivity index (χ1) is 10.1. The van der Waals surface area contributed by atoms with Crippen molar-refractivity contribution in [1.29, 1.82) is 0 Å². The summed E-state index contributed by atoms with van der Waals surface area (Å²) in [7, 11) is 0. The molecular formula is C15H20FNO3S. The number of aliphatic carboxylic acids is 1. The van der Waals surface area contributed by atoms with Crippen molar-refractivity contribution >= 4 is 17.7 Å². The topological polar surface area (TPSA) is 49.8 Å². The highest BCUT2D eigenvalue weighted by molar-refractivity contribution is 7.99. The van der Waals surface area contributed by atoms with Crippen LogP contribution in [0.25, 0.3) is 0 Å². The quantitative estimate of drug-likeness (QED) is 0.783. The van der Waals surface area contributed by atoms with E-state index in [2.05, 4.69) is 4.90 Å². The Morgan fingerprint density at radius 1 is 1.43 bits per heavy atom. The number of ether oxygens (including phenoxy) is 1. The van der Waals surface area contributed by atoms with Crippen molar-refractivity contribution in [3.05, 3.63) is 30.1 Å². The van der Waals surface area contributed by atoms with Crippen molar-refractivity contribution in [2.45, 2.75) is 17.9 Å². The third-order valence-corrected chi connectivity index (χ3v) is 4.70. The maximum absolute atomic E-state index is 12.8. The maximum Gasteiger partial charge on any atom is 0.310 e. The second-order valence-corrected chi connectivity index (χ2v) is 6.15. The fourth-order valence-electron chi connectivity index (χ4n) is 2.51. The Morgan fingerprint density at radius 3 is 2.76 bits per heavy atom. The minimum absolute atomic E-state index is 0.0543. The van der Waals surface area contributed by atoms with Crippen LogP contribution >= 0.6 is 11.8 Å². The lowest BCUT2D eigenvalue weighted by Gasteiger charge is -2.28. The number of carboxylic acids is 1. The fourth-order valence-corrected chi connectivity index (χ4v) is 3.40. The molecule has 6 heteroatoms. The minimum Gasteiger partial charge on any atom is -0.481 e. The Balaban J connectivity index is 1.85. The van der Waals surface area contributed by atoms with Gasteiger partial charge in [-0.2, -0.15) is 0 Å². The zero-order valence-corrected chi connectivity index (χ0v) is 12.8. The number of rotatable bonds is 7. The molecule has 1 saturated heterocycles. The number of hydrogen-bond acceptors (Lipinski definition) is 4. The fraction of sp³-hybridized carbons (Fsp3) is 0.533. The van der Waals surface area contributed by atoms with E-state index < -0.39 is 11.9 Å². The molecule has 2 atom stereocenters. The number of halogens is 1. The van der Waals surface area contributed by atoms with Gasteiger partial charge in [0.25, 0.3) is 0 Å². The van der Waals surface area contributed by atoms with Gasteiger partial charge in [-0.05, 0) is 30.8 Å². The van der Waals surface area contributed by atoms with Crippen LogP contribution in [0.1, 0.15) is 6.92 Å². The largest absolute Gasteiger partial charge is 0.481 e. The van der Waals surface area contributed by atoms with Crippen LogP contribution in [0.15, 0.2) is 29.2 Å². The van der Waals surface area contributed by atoms with E-state index in [0.29, 0.717) is 13.2 Å². The van der Waals surface area contributed by atoms with Crippen molar-refractivity contribution in [3.63, 3.8) is 0 Å². The smallest absolute Gasteiger partial charge is 0.310 e. The van der Waals surface area contributed by atoms with Crippen LogP contribution in [0.2, 0.25) is 0 Å². The number of nitrogens with zero attached hydrogens (tertiary/aromatic N) is 1. The first kappa shape index (κ1) is 16.3. The molecular weight excluding hydrogens is 293 g/mol. The molecule has 0 amide bonds. The molecule has 1 fully saturated rings. The Morgan fingerprint density at radius 2 is 2.14 bits per heavy atom. The summed E-state index contributed by atoms with van der Waals surface area (Å²) in [5.74, 6) is -0.632. The summed E-state index contributed by atoms with van der Waals surface area (Å²) in [5.41, 5.74) is 0. The minimum atomic E-state index is -0.790. The molecule has 0 radical (unpaired) electrons. The Hall–Kier alpha value is -1.11. The Labute approximate surface area is 128 Å². The van der Waals surface area contributed by atoms with Crippen LogP contribution in [0.5, 0.6) is 0 Å². The zero-order chi connectivity index (χ0) is 15.2. The summed E-state index contributed by atoms with van der Waals surface area (Å²) in [6.45, 7) is 4.38. The van der Waals surface area contributed by atoms with Gasteiger partial charge in [-0.25, -0.2) is 4.39 Å². The van der Waals surface area contributed by atoms with Gasteiger partial charge < -0.3 is 9.84 Å². The van der Waals surface area contributed by atoms with Gasteiger partial charge in [-0.15, -0.1) is 11.8 Å². The molecule has 1 aliphatic rings. The van der Waals surface area contributed by atoms with Gasteiger partial charge in [0.05, 0.1) is 19.1 Å². The third kappa shape index (κ3) is 4.43. The van der Waals surface area contributed by atoms with Gasteiger partial charge in [0.15, 0.2) is 0 Å². The molecule has 1 N–H and O–H groups in total. The van der Waals surface area contributed by atoms with Crippen molar-refractivity contribution in [3.8, 4) is 0 Å². The summed E-state index contributed by atoms with van der Waals surface area (Å²) in [6.07, 6.45) is 0. The van der Waals surface area contributed by atoms with Gasteiger partial charge >= 0.3 is 5.97 Å². The van der Waals surface area contributed by atoms with E-state index in [-0.39, 0.29) is 11.9 Å². The third-order valence-electron chi connectivity index (χ3n) is 3.70. The number of carboxylic acid groups (broad SMARTS) is 1. The van der Waals surface area contributed by atoms with E-state index in [9.17, 15) is 14.3 Å². The molecule has 0 aliphatic carbocycles. The molecule has 1 heterocycles. The highest BCUT2D eigenvalue weighted by Gasteiger charge is 2.37. The number of benzene rings is 1. The van der Waals surface area contributed by atoms with Crippen molar-refractivity contribution in [2.24, 2.45) is 5.92 Å². The standard InChI is InChI=1S/C15H20FNO3S/c1-2-17(14-10-20-9-13(14)15(18)19)7-8-21-12-5-3-11(16)4-6-12/h3-6,13-14H,2,7-10H2,1H3,(H,18,19). The molecule has 0 spiro atoms. The van der Waals surface area contributed by atoms with Crippen LogP contribution < -0.4 is 0 Å². The van der Waals surface area contributed by atoms with Crippen LogP contribution in [-0.4, -0.2) is 54.1 Å². The van der Waals surface area contributed by atoms with Gasteiger partial charge in [0.2, 0.25) is 0 Å². The summed E-state index contributed by atoms with van der Waals surface area (Å²) in [5, 5.41) is 9.21. The van der Waals surface area contributed by atoms with Crippen molar-refractivity contribution in [2.75, 3.05) is 32.1 Å². The molecule has 0 aromatic heterocycles. The molecule has 4 nitrogen and oxygen atoms in total. The monoisotopic (exact) mass is 313 g/mol. The first-order valence-corrected chi connectivity index (χ1v) is 8.03. The molecule has 1 aromatic rings. The van der Waals surface area contributed by atoms with Gasteiger partial charge in [0, 0.05) is 23.2 Å². The molecule has 1 aromatic carbocycles. The summed E-state index contributed by atoms with van der Waals surface area (Å²) in [6, 6.07) is 6.36. The van der Waals surface area contributed by atoms with Crippen LogP contribution in [0, 0.1) is 11.7 Å². The van der Waals surface area contributed by atoms with Crippen LogP contribution in [0.4, 0.5) is 4.39 Å². The first-order valence-electron chi connectivity index (χ1n) is 7.04. The summed E-state index contributed by atoms with van der Waals surface area (Å²) < 4.78 is 18.1. The average Bonchev–Trinajstić information content (AvgIpc) is 2.95. The highest BCUT2D eigenvalue weighted by Crippen LogP contribution is 2.22. The molecule has 1 aliphatic heterocycles. The Bertz CT molecular complexity index is 468. The Kier molecular flexibility index (Phi) is 6.02. The molecule has 0 saturated carbocycles.